The van der Waals surface area contributed by atoms with Crippen molar-refractivity contribution >= 4 is 12.4 Å². The van der Waals surface area contributed by atoms with Gasteiger partial charge in [-0.1, -0.05) is 24.3 Å². The van der Waals surface area contributed by atoms with Gasteiger partial charge in [0.05, 0.1) is 13.2 Å². The highest BCUT2D eigenvalue weighted by Crippen LogP contribution is 2.08. The quantitative estimate of drug-likeness (QED) is 0.743. The number of benzene rings is 1. The maximum Gasteiger partial charge on any atom is 0.150 e. The first kappa shape index (κ1) is 11.6. The molecule has 0 unspecified atom stereocenters. The molecular weight excluding hydrogens is 192 g/mol. The van der Waals surface area contributed by atoms with Crippen LogP contribution < -0.4 is 0 Å². The molecule has 0 aliphatic rings. The number of ether oxygens (including phenoxy) is 1. The molecule has 0 aliphatic heterocycles. The van der Waals surface area contributed by atoms with Crippen LogP contribution >= 0.6 is 0 Å². The lowest BCUT2D eigenvalue weighted by Crippen LogP contribution is -1.98. The van der Waals surface area contributed by atoms with Gasteiger partial charge in [0.15, 0.2) is 0 Å². The highest BCUT2D eigenvalue weighted by atomic mass is 16.5. The van der Waals surface area contributed by atoms with Crippen LogP contribution in [0.25, 0.3) is 6.08 Å². The number of hydrogen-bond donors (Lipinski definition) is 1. The van der Waals surface area contributed by atoms with Crippen LogP contribution in [0.15, 0.2) is 29.8 Å². The van der Waals surface area contributed by atoms with Crippen LogP contribution in [0, 0.1) is 0 Å². The number of methoxy groups -OCH3 is 1. The minimum absolute atomic E-state index is 0.0425. The highest BCUT2D eigenvalue weighted by Gasteiger charge is 1.96. The van der Waals surface area contributed by atoms with Crippen LogP contribution in [0.1, 0.15) is 15.9 Å². The smallest absolute Gasteiger partial charge is 0.150 e. The fraction of sp³-hybridized carbons (Fsp3) is 0.250. The van der Waals surface area contributed by atoms with Crippen LogP contribution in [0.4, 0.5) is 0 Å². The van der Waals surface area contributed by atoms with Crippen molar-refractivity contribution < 1.29 is 14.6 Å². The van der Waals surface area contributed by atoms with Gasteiger partial charge in [-0.15, -0.1) is 0 Å². The lowest BCUT2D eigenvalue weighted by Gasteiger charge is -2.02. The molecule has 1 aromatic carbocycles. The molecule has 0 radical (unpaired) electrons. The number of hydrogen-bond acceptors (Lipinski definition) is 3. The Balaban J connectivity index is 2.89. The van der Waals surface area contributed by atoms with Crippen molar-refractivity contribution in [2.75, 3.05) is 20.3 Å². The Morgan fingerprint density at radius 3 is 2.80 bits per heavy atom. The lowest BCUT2D eigenvalue weighted by molar-refractivity contribution is 0.112. The van der Waals surface area contributed by atoms with E-state index in [1.165, 1.54) is 0 Å². The normalized spacial score (nSPS) is 11.5. The molecule has 1 aromatic rings. The second-order valence-corrected chi connectivity index (χ2v) is 3.18. The average Bonchev–Trinajstić information content (AvgIpc) is 2.29. The summed E-state index contributed by atoms with van der Waals surface area (Å²) in [4.78, 5) is 10.5. The first-order valence-electron chi connectivity index (χ1n) is 4.64. The van der Waals surface area contributed by atoms with E-state index in [9.17, 15) is 4.79 Å². The molecule has 0 amide bonds. The van der Waals surface area contributed by atoms with Gasteiger partial charge >= 0.3 is 0 Å². The molecule has 3 nitrogen and oxygen atoms in total. The molecule has 0 fully saturated rings. The van der Waals surface area contributed by atoms with E-state index in [2.05, 4.69) is 0 Å². The second-order valence-electron chi connectivity index (χ2n) is 3.18. The number of rotatable bonds is 5. The summed E-state index contributed by atoms with van der Waals surface area (Å²) in [5.41, 5.74) is 2.29. The Hall–Kier alpha value is -1.45. The zero-order chi connectivity index (χ0) is 11.1. The van der Waals surface area contributed by atoms with Gasteiger partial charge in [-0.25, -0.2) is 0 Å². The van der Waals surface area contributed by atoms with Crippen LogP contribution in [-0.4, -0.2) is 31.7 Å². The van der Waals surface area contributed by atoms with Crippen molar-refractivity contribution in [3.8, 4) is 0 Å². The van der Waals surface area contributed by atoms with E-state index in [1.807, 2.05) is 12.1 Å². The summed E-state index contributed by atoms with van der Waals surface area (Å²) in [5.74, 6) is 0. The van der Waals surface area contributed by atoms with E-state index in [0.29, 0.717) is 12.2 Å². The van der Waals surface area contributed by atoms with Crippen molar-refractivity contribution in [2.24, 2.45) is 0 Å². The van der Waals surface area contributed by atoms with Crippen molar-refractivity contribution in [3.05, 3.63) is 41.0 Å². The van der Waals surface area contributed by atoms with Gasteiger partial charge in [-0.3, -0.25) is 4.79 Å². The minimum Gasteiger partial charge on any atom is -0.392 e. The van der Waals surface area contributed by atoms with Crippen LogP contribution in [0.3, 0.4) is 0 Å². The molecule has 0 heterocycles. The Morgan fingerprint density at radius 2 is 2.20 bits per heavy atom. The second kappa shape index (κ2) is 6.11. The van der Waals surface area contributed by atoms with Gasteiger partial charge in [0.1, 0.15) is 6.29 Å². The summed E-state index contributed by atoms with van der Waals surface area (Å²) < 4.78 is 4.93. The summed E-state index contributed by atoms with van der Waals surface area (Å²) >= 11 is 0. The number of aliphatic hydroxyl groups is 1. The Morgan fingerprint density at radius 1 is 1.47 bits per heavy atom. The van der Waals surface area contributed by atoms with Gasteiger partial charge in [0.25, 0.3) is 0 Å². The molecule has 1 N–H and O–H groups in total. The first-order chi connectivity index (χ1) is 7.30. The predicted molar refractivity (Wildman–Crippen MR) is 58.8 cm³/mol. The zero-order valence-electron chi connectivity index (χ0n) is 8.64. The van der Waals surface area contributed by atoms with Gasteiger partial charge in [-0.2, -0.15) is 0 Å². The maximum atomic E-state index is 10.5. The molecule has 0 aromatic heterocycles. The minimum atomic E-state index is -0.0425. The molecule has 80 valence electrons. The van der Waals surface area contributed by atoms with E-state index < -0.39 is 0 Å². The van der Waals surface area contributed by atoms with Crippen molar-refractivity contribution in [3.63, 3.8) is 0 Å². The lowest BCUT2D eigenvalue weighted by atomic mass is 10.1. The molecule has 0 saturated heterocycles. The number of carbonyl (C=O) groups is 1. The summed E-state index contributed by atoms with van der Waals surface area (Å²) in [7, 11) is 1.57. The molecule has 0 bridgehead atoms. The molecule has 0 saturated carbocycles. The molecule has 1 rings (SSSR count). The number of carbonyl (C=O) groups excluding carboxylic acids is 1. The predicted octanol–water partition coefficient (Wildman–Crippen LogP) is 1.52. The van der Waals surface area contributed by atoms with Crippen LogP contribution in [-0.2, 0) is 4.74 Å². The number of aldehydes is 1. The molecule has 15 heavy (non-hydrogen) atoms. The maximum absolute atomic E-state index is 10.5. The fourth-order valence-corrected chi connectivity index (χ4v) is 1.28. The molecular formula is C12H14O3. The van der Waals surface area contributed by atoms with Gasteiger partial charge in [0, 0.05) is 12.7 Å². The van der Waals surface area contributed by atoms with Gasteiger partial charge < -0.3 is 9.84 Å². The third-order valence-electron chi connectivity index (χ3n) is 1.95. The molecule has 3 heteroatoms. The van der Waals surface area contributed by atoms with Crippen molar-refractivity contribution in [2.45, 2.75) is 0 Å². The van der Waals surface area contributed by atoms with Crippen molar-refractivity contribution in [1.29, 1.82) is 0 Å². The fourth-order valence-electron chi connectivity index (χ4n) is 1.28. The standard InChI is InChI=1S/C12H14O3/c1-15-9-12(8-14)6-10-3-2-4-11(5-10)7-13/h2-7,14H,8-9H2,1H3/b12-6+. The van der Waals surface area contributed by atoms with Crippen LogP contribution in [0.5, 0.6) is 0 Å². The van der Waals surface area contributed by atoms with E-state index in [-0.39, 0.29) is 6.61 Å². The summed E-state index contributed by atoms with van der Waals surface area (Å²) in [6.45, 7) is 0.348. The van der Waals surface area contributed by atoms with Crippen molar-refractivity contribution in [1.82, 2.24) is 0 Å². The zero-order valence-corrected chi connectivity index (χ0v) is 8.64. The molecule has 0 atom stereocenters. The van der Waals surface area contributed by atoms with E-state index >= 15 is 0 Å². The Kier molecular flexibility index (Phi) is 4.74. The van der Waals surface area contributed by atoms with Gasteiger partial charge in [0.2, 0.25) is 0 Å². The largest absolute Gasteiger partial charge is 0.392 e. The Bertz CT molecular complexity index is 356. The monoisotopic (exact) mass is 206 g/mol. The highest BCUT2D eigenvalue weighted by molar-refractivity contribution is 5.76. The van der Waals surface area contributed by atoms with Crippen LogP contribution in [0.2, 0.25) is 0 Å². The third kappa shape index (κ3) is 3.65. The topological polar surface area (TPSA) is 46.5 Å². The molecule has 0 aliphatic carbocycles. The molecule has 0 spiro atoms. The van der Waals surface area contributed by atoms with E-state index in [0.717, 1.165) is 17.4 Å². The first-order valence-corrected chi connectivity index (χ1v) is 4.64. The van der Waals surface area contributed by atoms with E-state index in [1.54, 1.807) is 25.3 Å². The summed E-state index contributed by atoms with van der Waals surface area (Å²) in [5, 5.41) is 9.03. The SMILES string of the molecule is COC/C(=C/c1cccc(C=O)c1)CO. The number of aliphatic hydroxyl groups excluding tert-OH is 1. The summed E-state index contributed by atoms with van der Waals surface area (Å²) in [6, 6.07) is 7.17. The van der Waals surface area contributed by atoms with Gasteiger partial charge in [-0.05, 0) is 17.2 Å². The summed E-state index contributed by atoms with van der Waals surface area (Å²) in [6.07, 6.45) is 2.61. The third-order valence-corrected chi connectivity index (χ3v) is 1.95. The Labute approximate surface area is 89.0 Å². The van der Waals surface area contributed by atoms with E-state index in [4.69, 9.17) is 9.84 Å². The average molecular weight is 206 g/mol.